The third-order valence-electron chi connectivity index (χ3n) is 7.52. The second-order valence-corrected chi connectivity index (χ2v) is 15.0. The number of carbonyl (C=O) groups excluding carboxylic acids is 1. The Hall–Kier alpha value is -2.46. The molecule has 2 heterocycles. The maximum atomic E-state index is 14.4. The van der Waals surface area contributed by atoms with E-state index in [2.05, 4.69) is 15.4 Å². The van der Waals surface area contributed by atoms with Gasteiger partial charge >= 0.3 is 0 Å². The predicted molar refractivity (Wildman–Crippen MR) is 150 cm³/mol. The summed E-state index contributed by atoms with van der Waals surface area (Å²) in [5, 5.41) is 11.7. The van der Waals surface area contributed by atoms with Crippen molar-refractivity contribution in [2.75, 3.05) is 5.75 Å². The van der Waals surface area contributed by atoms with Gasteiger partial charge in [0.25, 0.3) is 5.91 Å². The number of amides is 1. The molecule has 0 bridgehead atoms. The topological polar surface area (TPSA) is 105 Å². The minimum Gasteiger partial charge on any atom is -0.358 e. The molecule has 1 aliphatic heterocycles. The fourth-order valence-corrected chi connectivity index (χ4v) is 6.82. The Kier molecular flexibility index (Phi) is 7.81. The van der Waals surface area contributed by atoms with Gasteiger partial charge in [-0.1, -0.05) is 47.5 Å². The highest BCUT2D eigenvalue weighted by Gasteiger charge is 2.52. The van der Waals surface area contributed by atoms with Crippen molar-refractivity contribution >= 4 is 38.9 Å². The monoisotopic (exact) mass is 590 g/mol. The standard InChI is InChI=1S/C28H32Cl2N4O4S/c1-28(2,3)39(36,37)16-23(17-7-8-17)34-25(18-9-11-20(29)12-10-18)26(19-5-4-6-21(30)13-19)38-24(27(34)35)14-22-15-31-33-32-22/h4-6,9-13,15,17,23-26H,7-8,14,16H2,1-3H3,(H,31,32,33)/t23-,24+,25-,26-/m1/s1. The van der Waals surface area contributed by atoms with Gasteiger partial charge in [-0.2, -0.15) is 15.4 Å². The molecule has 1 amide bonds. The number of sulfone groups is 1. The van der Waals surface area contributed by atoms with Gasteiger partial charge in [0.15, 0.2) is 9.84 Å². The molecule has 1 saturated heterocycles. The molecule has 1 aromatic heterocycles. The summed E-state index contributed by atoms with van der Waals surface area (Å²) in [6.07, 6.45) is 1.97. The second kappa shape index (κ2) is 10.8. The average Bonchev–Trinajstić information content (AvgIpc) is 3.59. The number of morpholine rings is 1. The van der Waals surface area contributed by atoms with Crippen LogP contribution in [0, 0.1) is 5.92 Å². The quantitative estimate of drug-likeness (QED) is 0.379. The SMILES string of the molecule is CC(C)(C)S(=O)(=O)C[C@H](C1CC1)N1C(=O)[C@H](Cc2cn[nH]n2)O[C@H](c2cccc(Cl)c2)[C@H]1c1ccc(Cl)cc1. The fraction of sp³-hybridized carbons (Fsp3) is 0.464. The lowest BCUT2D eigenvalue weighted by atomic mass is 9.89. The molecule has 2 fully saturated rings. The molecule has 0 radical (unpaired) electrons. The minimum absolute atomic E-state index is 0.0756. The van der Waals surface area contributed by atoms with Gasteiger partial charge in [-0.05, 0) is 74.9 Å². The zero-order valence-corrected chi connectivity index (χ0v) is 24.4. The normalized spacial score (nSPS) is 23.2. The van der Waals surface area contributed by atoms with E-state index < -0.39 is 38.9 Å². The Morgan fingerprint density at radius 1 is 1.08 bits per heavy atom. The number of nitrogens with one attached hydrogen (secondary N) is 1. The number of ether oxygens (including phenoxy) is 1. The van der Waals surface area contributed by atoms with Gasteiger partial charge in [-0.3, -0.25) is 4.79 Å². The van der Waals surface area contributed by atoms with E-state index in [1.165, 1.54) is 0 Å². The van der Waals surface area contributed by atoms with Gasteiger partial charge < -0.3 is 9.64 Å². The van der Waals surface area contributed by atoms with E-state index in [-0.39, 0.29) is 24.0 Å². The smallest absolute Gasteiger partial charge is 0.253 e. The summed E-state index contributed by atoms with van der Waals surface area (Å²) in [6.45, 7) is 5.10. The number of carbonyl (C=O) groups is 1. The highest BCUT2D eigenvalue weighted by molar-refractivity contribution is 7.92. The average molecular weight is 592 g/mol. The summed E-state index contributed by atoms with van der Waals surface area (Å²) in [5.41, 5.74) is 2.17. The lowest BCUT2D eigenvalue weighted by Crippen LogP contribution is -2.58. The number of nitrogens with zero attached hydrogens (tertiary/aromatic N) is 3. The molecule has 2 aromatic carbocycles. The Bertz CT molecular complexity index is 1420. The summed E-state index contributed by atoms with van der Waals surface area (Å²) in [7, 11) is -3.55. The summed E-state index contributed by atoms with van der Waals surface area (Å²) in [5.74, 6) is -0.320. The summed E-state index contributed by atoms with van der Waals surface area (Å²) in [6, 6.07) is 13.5. The lowest BCUT2D eigenvalue weighted by molar-refractivity contribution is -0.179. The number of hydrogen-bond donors (Lipinski definition) is 1. The first-order chi connectivity index (χ1) is 18.4. The molecule has 11 heteroatoms. The Morgan fingerprint density at radius 2 is 1.79 bits per heavy atom. The van der Waals surface area contributed by atoms with Crippen molar-refractivity contribution in [3.8, 4) is 0 Å². The summed E-state index contributed by atoms with van der Waals surface area (Å²) < 4.78 is 32.7. The van der Waals surface area contributed by atoms with E-state index in [1.807, 2.05) is 30.3 Å². The number of benzene rings is 2. The van der Waals surface area contributed by atoms with Crippen molar-refractivity contribution in [1.82, 2.24) is 20.3 Å². The molecule has 8 nitrogen and oxygen atoms in total. The summed E-state index contributed by atoms with van der Waals surface area (Å²) in [4.78, 5) is 16.1. The molecule has 1 aliphatic carbocycles. The number of H-pyrrole nitrogens is 1. The number of rotatable bonds is 8. The van der Waals surface area contributed by atoms with Crippen LogP contribution >= 0.6 is 23.2 Å². The zero-order valence-electron chi connectivity index (χ0n) is 22.1. The maximum Gasteiger partial charge on any atom is 0.253 e. The van der Waals surface area contributed by atoms with Crippen LogP contribution in [0.15, 0.2) is 54.7 Å². The van der Waals surface area contributed by atoms with E-state index in [1.54, 1.807) is 50.1 Å². The number of aromatic amines is 1. The van der Waals surface area contributed by atoms with Crippen molar-refractivity contribution in [1.29, 1.82) is 0 Å². The van der Waals surface area contributed by atoms with Crippen LogP contribution in [0.2, 0.25) is 10.0 Å². The zero-order chi connectivity index (χ0) is 27.9. The summed E-state index contributed by atoms with van der Waals surface area (Å²) >= 11 is 12.6. The highest BCUT2D eigenvalue weighted by Crippen LogP contribution is 2.48. The van der Waals surface area contributed by atoms with Crippen molar-refractivity contribution in [2.45, 2.75) is 69.1 Å². The molecule has 0 spiro atoms. The van der Waals surface area contributed by atoms with Crippen LogP contribution in [0.3, 0.4) is 0 Å². The van der Waals surface area contributed by atoms with Gasteiger partial charge in [0.2, 0.25) is 0 Å². The Morgan fingerprint density at radius 3 is 2.38 bits per heavy atom. The molecule has 0 unspecified atom stereocenters. The number of hydrogen-bond acceptors (Lipinski definition) is 6. The van der Waals surface area contributed by atoms with Gasteiger partial charge in [0.1, 0.15) is 12.2 Å². The molecule has 4 atom stereocenters. The number of halogens is 2. The second-order valence-electron chi connectivity index (χ2n) is 11.3. The molecule has 5 rings (SSSR count). The molecule has 3 aromatic rings. The van der Waals surface area contributed by atoms with Crippen LogP contribution < -0.4 is 0 Å². The van der Waals surface area contributed by atoms with Crippen molar-refractivity contribution in [2.24, 2.45) is 5.92 Å². The van der Waals surface area contributed by atoms with E-state index in [0.717, 1.165) is 24.0 Å². The largest absolute Gasteiger partial charge is 0.358 e. The first-order valence-electron chi connectivity index (χ1n) is 13.0. The fourth-order valence-electron chi connectivity index (χ4n) is 5.12. The van der Waals surface area contributed by atoms with Gasteiger partial charge in [-0.15, -0.1) is 0 Å². The van der Waals surface area contributed by atoms with E-state index in [9.17, 15) is 13.2 Å². The van der Waals surface area contributed by atoms with Crippen molar-refractivity contribution < 1.29 is 17.9 Å². The van der Waals surface area contributed by atoms with Crippen LogP contribution in [0.1, 0.15) is 62.6 Å². The van der Waals surface area contributed by atoms with Gasteiger partial charge in [-0.25, -0.2) is 8.42 Å². The van der Waals surface area contributed by atoms with Gasteiger partial charge in [0, 0.05) is 22.5 Å². The van der Waals surface area contributed by atoms with Crippen molar-refractivity contribution in [3.05, 3.63) is 81.6 Å². The molecule has 1 saturated carbocycles. The van der Waals surface area contributed by atoms with Gasteiger partial charge in [0.05, 0.1) is 28.4 Å². The molecule has 39 heavy (non-hydrogen) atoms. The molecular formula is C28H32Cl2N4O4S. The van der Waals surface area contributed by atoms with Crippen LogP contribution in [0.5, 0.6) is 0 Å². The van der Waals surface area contributed by atoms with Crippen molar-refractivity contribution in [3.63, 3.8) is 0 Å². The van der Waals surface area contributed by atoms with E-state index in [4.69, 9.17) is 27.9 Å². The number of aromatic nitrogens is 3. The first kappa shape index (κ1) is 28.1. The molecule has 2 aliphatic rings. The first-order valence-corrected chi connectivity index (χ1v) is 15.4. The predicted octanol–water partition coefficient (Wildman–Crippen LogP) is 5.36. The third-order valence-corrected chi connectivity index (χ3v) is 10.7. The molecule has 1 N–H and O–H groups in total. The Balaban J connectivity index is 1.66. The highest BCUT2D eigenvalue weighted by atomic mass is 35.5. The van der Waals surface area contributed by atoms with Crippen LogP contribution in [0.25, 0.3) is 0 Å². The minimum atomic E-state index is -3.55. The third kappa shape index (κ3) is 6.01. The van der Waals surface area contributed by atoms with Crippen LogP contribution in [-0.4, -0.2) is 57.3 Å². The molecular weight excluding hydrogens is 559 g/mol. The maximum absolute atomic E-state index is 14.4. The Labute approximate surface area is 238 Å². The van der Waals surface area contributed by atoms with Crippen LogP contribution in [-0.2, 0) is 25.8 Å². The van der Waals surface area contributed by atoms with Crippen LogP contribution in [0.4, 0.5) is 0 Å². The lowest BCUT2D eigenvalue weighted by Gasteiger charge is -2.48. The van der Waals surface area contributed by atoms with E-state index >= 15 is 0 Å². The molecule has 208 valence electrons. The van der Waals surface area contributed by atoms with E-state index in [0.29, 0.717) is 15.7 Å².